The topological polar surface area (TPSA) is 41.5 Å². The first-order valence-corrected chi connectivity index (χ1v) is 5.15. The van der Waals surface area contributed by atoms with Gasteiger partial charge in [0.1, 0.15) is 0 Å². The Morgan fingerprint density at radius 2 is 2.15 bits per heavy atom. The molecule has 1 atom stereocenters. The number of nitrogens with one attached hydrogen (secondary N) is 1. The third-order valence-corrected chi connectivity index (χ3v) is 2.38. The van der Waals surface area contributed by atoms with E-state index >= 15 is 0 Å². The fraction of sp³-hybridized carbons (Fsp3) is 0.800. The van der Waals surface area contributed by atoms with Crippen LogP contribution in [-0.2, 0) is 4.79 Å². The second kappa shape index (κ2) is 5.00. The van der Waals surface area contributed by atoms with E-state index in [1.54, 1.807) is 0 Å². The predicted octanol–water partition coefficient (Wildman–Crippen LogP) is 2.08. The Balaban J connectivity index is 2.47. The van der Waals surface area contributed by atoms with Crippen molar-refractivity contribution in [2.75, 3.05) is 0 Å². The maximum absolute atomic E-state index is 11.3. The van der Waals surface area contributed by atoms with E-state index in [0.29, 0.717) is 0 Å². The van der Waals surface area contributed by atoms with E-state index in [4.69, 9.17) is 0 Å². The molecule has 0 fully saturated rings. The molecule has 1 amide bonds. The zero-order valence-electron chi connectivity index (χ0n) is 8.47. The Morgan fingerprint density at radius 1 is 1.38 bits per heavy atom. The zero-order chi connectivity index (χ0) is 9.68. The summed E-state index contributed by atoms with van der Waals surface area (Å²) in [6.45, 7) is 4.26. The highest BCUT2D eigenvalue weighted by Crippen LogP contribution is 2.17. The molecular weight excluding hydrogens is 164 g/mol. The summed E-state index contributed by atoms with van der Waals surface area (Å²) < 4.78 is 0. The minimum absolute atomic E-state index is 0.0694. The van der Waals surface area contributed by atoms with Gasteiger partial charge in [0.05, 0.1) is 11.6 Å². The minimum Gasteiger partial charge on any atom is -0.272 e. The smallest absolute Gasteiger partial charge is 0.248 e. The number of nitrogens with zero attached hydrogens (tertiary/aromatic N) is 1. The SMILES string of the molecule is CCCCC1C(=O)NN=C1CCC. The van der Waals surface area contributed by atoms with E-state index < -0.39 is 0 Å². The van der Waals surface area contributed by atoms with Crippen molar-refractivity contribution < 1.29 is 4.79 Å². The summed E-state index contributed by atoms with van der Waals surface area (Å²) in [5.41, 5.74) is 3.62. The third-order valence-electron chi connectivity index (χ3n) is 2.38. The van der Waals surface area contributed by atoms with Gasteiger partial charge in [-0.1, -0.05) is 33.1 Å². The van der Waals surface area contributed by atoms with E-state index in [1.165, 1.54) is 0 Å². The molecule has 3 nitrogen and oxygen atoms in total. The van der Waals surface area contributed by atoms with E-state index in [-0.39, 0.29) is 11.8 Å². The van der Waals surface area contributed by atoms with Gasteiger partial charge in [0.25, 0.3) is 0 Å². The summed E-state index contributed by atoms with van der Waals surface area (Å²) in [5.74, 6) is 0.164. The molecule has 13 heavy (non-hydrogen) atoms. The van der Waals surface area contributed by atoms with Crippen molar-refractivity contribution >= 4 is 11.6 Å². The minimum atomic E-state index is 0.0694. The van der Waals surface area contributed by atoms with Crippen molar-refractivity contribution in [1.29, 1.82) is 0 Å². The highest BCUT2D eigenvalue weighted by atomic mass is 16.2. The number of rotatable bonds is 5. The molecule has 1 rings (SSSR count). The molecule has 1 heterocycles. The highest BCUT2D eigenvalue weighted by molar-refractivity contribution is 6.07. The van der Waals surface area contributed by atoms with Gasteiger partial charge in [-0.2, -0.15) is 5.10 Å². The van der Waals surface area contributed by atoms with Crippen LogP contribution in [0.25, 0.3) is 0 Å². The molecule has 1 aliphatic heterocycles. The van der Waals surface area contributed by atoms with Gasteiger partial charge in [0, 0.05) is 0 Å². The third kappa shape index (κ3) is 2.54. The van der Waals surface area contributed by atoms with Crippen LogP contribution in [0.1, 0.15) is 46.0 Å². The van der Waals surface area contributed by atoms with Crippen LogP contribution >= 0.6 is 0 Å². The van der Waals surface area contributed by atoms with Crippen molar-refractivity contribution in [3.05, 3.63) is 0 Å². The summed E-state index contributed by atoms with van der Waals surface area (Å²) in [6.07, 6.45) is 5.23. The summed E-state index contributed by atoms with van der Waals surface area (Å²) in [4.78, 5) is 11.3. The molecule has 0 saturated heterocycles. The van der Waals surface area contributed by atoms with Gasteiger partial charge in [-0.3, -0.25) is 4.79 Å². The maximum atomic E-state index is 11.3. The number of amides is 1. The van der Waals surface area contributed by atoms with Gasteiger partial charge < -0.3 is 0 Å². The molecule has 0 spiro atoms. The summed E-state index contributed by atoms with van der Waals surface area (Å²) in [5, 5.41) is 4.06. The largest absolute Gasteiger partial charge is 0.272 e. The van der Waals surface area contributed by atoms with Crippen molar-refractivity contribution in [1.82, 2.24) is 5.43 Å². The zero-order valence-corrected chi connectivity index (χ0v) is 8.47. The summed E-state index contributed by atoms with van der Waals surface area (Å²) in [7, 11) is 0. The van der Waals surface area contributed by atoms with Gasteiger partial charge in [0.15, 0.2) is 0 Å². The number of unbranched alkanes of at least 4 members (excludes halogenated alkanes) is 1. The monoisotopic (exact) mass is 182 g/mol. The maximum Gasteiger partial charge on any atom is 0.248 e. The average molecular weight is 182 g/mol. The average Bonchev–Trinajstić information content (AvgIpc) is 2.45. The normalized spacial score (nSPS) is 21.5. The van der Waals surface area contributed by atoms with Crippen molar-refractivity contribution in [2.24, 2.45) is 11.0 Å². The molecule has 0 aromatic heterocycles. The lowest BCUT2D eigenvalue weighted by Crippen LogP contribution is -2.23. The molecule has 0 aromatic carbocycles. The van der Waals surface area contributed by atoms with Crippen LogP contribution in [-0.4, -0.2) is 11.6 Å². The van der Waals surface area contributed by atoms with Gasteiger partial charge in [0.2, 0.25) is 5.91 Å². The highest BCUT2D eigenvalue weighted by Gasteiger charge is 2.27. The van der Waals surface area contributed by atoms with E-state index in [1.807, 2.05) is 0 Å². The van der Waals surface area contributed by atoms with E-state index in [0.717, 1.165) is 37.8 Å². The molecule has 3 heteroatoms. The first kappa shape index (κ1) is 10.2. The molecule has 0 saturated carbocycles. The molecule has 0 bridgehead atoms. The number of carbonyl (C=O) groups excluding carboxylic acids is 1. The predicted molar refractivity (Wildman–Crippen MR) is 53.5 cm³/mol. The Hall–Kier alpha value is -0.860. The molecule has 0 aromatic rings. The van der Waals surface area contributed by atoms with Crippen LogP contribution in [0.15, 0.2) is 5.10 Å². The standard InChI is InChI=1S/C10H18N2O/c1-3-5-7-8-9(6-4-2)11-12-10(8)13/h8H,3-7H2,1-2H3,(H,12,13). The number of carbonyl (C=O) groups is 1. The number of hydrogen-bond donors (Lipinski definition) is 1. The fourth-order valence-corrected chi connectivity index (χ4v) is 1.63. The van der Waals surface area contributed by atoms with Gasteiger partial charge in [-0.25, -0.2) is 5.43 Å². The fourth-order valence-electron chi connectivity index (χ4n) is 1.63. The van der Waals surface area contributed by atoms with Crippen molar-refractivity contribution in [3.8, 4) is 0 Å². The number of hydrazone groups is 1. The van der Waals surface area contributed by atoms with Crippen LogP contribution in [0.4, 0.5) is 0 Å². The summed E-state index contributed by atoms with van der Waals surface area (Å²) in [6, 6.07) is 0. The van der Waals surface area contributed by atoms with Crippen LogP contribution in [0, 0.1) is 5.92 Å². The van der Waals surface area contributed by atoms with Crippen LogP contribution in [0.2, 0.25) is 0 Å². The Bertz CT molecular complexity index is 211. The van der Waals surface area contributed by atoms with Crippen molar-refractivity contribution in [3.63, 3.8) is 0 Å². The van der Waals surface area contributed by atoms with Crippen LogP contribution in [0.5, 0.6) is 0 Å². The van der Waals surface area contributed by atoms with E-state index in [2.05, 4.69) is 24.4 Å². The van der Waals surface area contributed by atoms with Crippen LogP contribution in [0.3, 0.4) is 0 Å². The Kier molecular flexibility index (Phi) is 3.93. The van der Waals surface area contributed by atoms with Crippen molar-refractivity contribution in [2.45, 2.75) is 46.0 Å². The van der Waals surface area contributed by atoms with Gasteiger partial charge >= 0.3 is 0 Å². The summed E-state index contributed by atoms with van der Waals surface area (Å²) >= 11 is 0. The lowest BCUT2D eigenvalue weighted by molar-refractivity contribution is -0.122. The quantitative estimate of drug-likeness (QED) is 0.695. The lowest BCUT2D eigenvalue weighted by Gasteiger charge is -2.08. The molecule has 1 unspecified atom stereocenters. The molecule has 1 aliphatic rings. The van der Waals surface area contributed by atoms with E-state index in [9.17, 15) is 4.79 Å². The van der Waals surface area contributed by atoms with Gasteiger partial charge in [-0.05, 0) is 12.8 Å². The molecule has 74 valence electrons. The molecule has 0 aliphatic carbocycles. The second-order valence-corrected chi connectivity index (χ2v) is 3.52. The molecule has 0 radical (unpaired) electrons. The Morgan fingerprint density at radius 3 is 2.77 bits per heavy atom. The van der Waals surface area contributed by atoms with Crippen LogP contribution < -0.4 is 5.43 Å². The molecular formula is C10H18N2O. The Labute approximate surface area is 79.6 Å². The molecule has 1 N–H and O–H groups in total. The number of hydrogen-bond acceptors (Lipinski definition) is 2. The first-order chi connectivity index (χ1) is 6.29. The second-order valence-electron chi connectivity index (χ2n) is 3.52. The van der Waals surface area contributed by atoms with Gasteiger partial charge in [-0.15, -0.1) is 0 Å². The first-order valence-electron chi connectivity index (χ1n) is 5.15. The lowest BCUT2D eigenvalue weighted by atomic mass is 9.94.